The highest BCUT2D eigenvalue weighted by Crippen LogP contribution is 2.30. The van der Waals surface area contributed by atoms with Gasteiger partial charge < -0.3 is 20.5 Å². The van der Waals surface area contributed by atoms with Crippen LogP contribution in [0, 0.1) is 0 Å². The number of ether oxygens (including phenoxy) is 1. The number of carbonyl (C=O) groups is 1. The van der Waals surface area contributed by atoms with Gasteiger partial charge in [-0.15, -0.1) is 0 Å². The number of aliphatic hydroxyl groups excluding tert-OH is 1. The van der Waals surface area contributed by atoms with Crippen molar-refractivity contribution in [3.05, 3.63) is 71.3 Å². The van der Waals surface area contributed by atoms with Crippen molar-refractivity contribution in [1.82, 2.24) is 10.6 Å². The van der Waals surface area contributed by atoms with Crippen LogP contribution in [0.2, 0.25) is 0 Å². The van der Waals surface area contributed by atoms with Crippen LogP contribution >= 0.6 is 0 Å². The summed E-state index contributed by atoms with van der Waals surface area (Å²) in [6, 6.07) is 18.1. The van der Waals surface area contributed by atoms with Crippen LogP contribution in [0.15, 0.2) is 54.6 Å². The minimum Gasteiger partial charge on any atom is -0.444 e. The van der Waals surface area contributed by atoms with Crippen LogP contribution in [0.5, 0.6) is 0 Å². The molecule has 1 aliphatic carbocycles. The van der Waals surface area contributed by atoms with E-state index >= 15 is 0 Å². The van der Waals surface area contributed by atoms with Crippen LogP contribution < -0.4 is 10.6 Å². The van der Waals surface area contributed by atoms with Gasteiger partial charge >= 0.3 is 6.09 Å². The lowest BCUT2D eigenvalue weighted by Gasteiger charge is -2.28. The van der Waals surface area contributed by atoms with Crippen molar-refractivity contribution in [2.24, 2.45) is 0 Å². The number of rotatable bonds is 7. The predicted octanol–water partition coefficient (Wildman–Crippen LogP) is 3.76. The summed E-state index contributed by atoms with van der Waals surface area (Å²) < 4.78 is 5.40. The molecule has 3 rings (SSSR count). The molecule has 0 radical (unpaired) electrons. The summed E-state index contributed by atoms with van der Waals surface area (Å²) in [4.78, 5) is 12.3. The molecule has 2 aromatic carbocycles. The average Bonchev–Trinajstić information content (AvgIpc) is 3.08. The number of alkyl carbamates (subject to hydrolysis) is 1. The van der Waals surface area contributed by atoms with E-state index < -0.39 is 23.8 Å². The predicted molar refractivity (Wildman–Crippen MR) is 115 cm³/mol. The maximum Gasteiger partial charge on any atom is 0.407 e. The third-order valence-corrected chi connectivity index (χ3v) is 5.17. The van der Waals surface area contributed by atoms with E-state index in [1.807, 2.05) is 51.1 Å². The number of fused-ring (bicyclic) bond motifs is 1. The van der Waals surface area contributed by atoms with E-state index in [4.69, 9.17) is 4.74 Å². The Kier molecular flexibility index (Phi) is 6.93. The molecule has 1 amide bonds. The molecule has 0 fully saturated rings. The lowest BCUT2D eigenvalue weighted by molar-refractivity contribution is 0.0420. The van der Waals surface area contributed by atoms with Gasteiger partial charge in [0.2, 0.25) is 0 Å². The van der Waals surface area contributed by atoms with Gasteiger partial charge in [-0.1, -0.05) is 54.6 Å². The van der Waals surface area contributed by atoms with E-state index in [1.165, 1.54) is 11.1 Å². The van der Waals surface area contributed by atoms with Gasteiger partial charge in [0.25, 0.3) is 0 Å². The largest absolute Gasteiger partial charge is 0.444 e. The first-order valence-electron chi connectivity index (χ1n) is 10.3. The molecule has 5 nitrogen and oxygen atoms in total. The lowest BCUT2D eigenvalue weighted by Crippen LogP contribution is -2.50. The fourth-order valence-electron chi connectivity index (χ4n) is 3.78. The monoisotopic (exact) mass is 396 g/mol. The first-order chi connectivity index (χ1) is 13.8. The molecule has 2 aromatic rings. The van der Waals surface area contributed by atoms with Crippen molar-refractivity contribution >= 4 is 6.09 Å². The number of carbonyl (C=O) groups excluding carboxylic acids is 1. The van der Waals surface area contributed by atoms with Gasteiger partial charge in [-0.05, 0) is 56.7 Å². The van der Waals surface area contributed by atoms with E-state index in [2.05, 4.69) is 34.9 Å². The molecular formula is C24H32N2O3. The van der Waals surface area contributed by atoms with E-state index in [9.17, 15) is 9.90 Å². The van der Waals surface area contributed by atoms with Crippen LogP contribution in [0.25, 0.3) is 0 Å². The Bertz CT molecular complexity index is 801. The van der Waals surface area contributed by atoms with Crippen LogP contribution in [-0.2, 0) is 17.6 Å². The molecular weight excluding hydrogens is 364 g/mol. The van der Waals surface area contributed by atoms with Crippen molar-refractivity contribution in [3.63, 3.8) is 0 Å². The SMILES string of the molecule is CC(C)(C)OC(=O)N[C@@H](Cc1ccccc1)[C@H](O)CN[C@@H]1CCc2ccccc21. The van der Waals surface area contributed by atoms with Gasteiger partial charge in [0.15, 0.2) is 0 Å². The molecule has 0 saturated carbocycles. The number of hydrogen-bond acceptors (Lipinski definition) is 4. The second kappa shape index (κ2) is 9.42. The maximum absolute atomic E-state index is 12.3. The van der Waals surface area contributed by atoms with Gasteiger partial charge in [0.1, 0.15) is 5.60 Å². The summed E-state index contributed by atoms with van der Waals surface area (Å²) in [5.74, 6) is 0. The van der Waals surface area contributed by atoms with Crippen LogP contribution in [0.3, 0.4) is 0 Å². The molecule has 3 atom stereocenters. The highest BCUT2D eigenvalue weighted by atomic mass is 16.6. The summed E-state index contributed by atoms with van der Waals surface area (Å²) in [6.07, 6.45) is 1.35. The zero-order valence-electron chi connectivity index (χ0n) is 17.5. The van der Waals surface area contributed by atoms with Crippen molar-refractivity contribution in [1.29, 1.82) is 0 Å². The van der Waals surface area contributed by atoms with Gasteiger partial charge in [0.05, 0.1) is 12.1 Å². The first kappa shape index (κ1) is 21.3. The third kappa shape index (κ3) is 6.31. The molecule has 3 N–H and O–H groups in total. The van der Waals surface area contributed by atoms with E-state index in [-0.39, 0.29) is 6.04 Å². The number of aliphatic hydroxyl groups is 1. The lowest BCUT2D eigenvalue weighted by atomic mass is 10.0. The summed E-state index contributed by atoms with van der Waals surface area (Å²) in [5.41, 5.74) is 3.14. The molecule has 5 heteroatoms. The van der Waals surface area contributed by atoms with Crippen molar-refractivity contribution in [3.8, 4) is 0 Å². The molecule has 156 valence electrons. The fourth-order valence-corrected chi connectivity index (χ4v) is 3.78. The highest BCUT2D eigenvalue weighted by molar-refractivity contribution is 5.68. The Labute approximate surface area is 173 Å². The standard InChI is InChI=1S/C24H32N2O3/c1-24(2,3)29-23(28)26-21(15-17-9-5-4-6-10-17)22(27)16-25-20-14-13-18-11-7-8-12-19(18)20/h4-12,20-22,25,27H,13-16H2,1-3H3,(H,26,28)/t20-,21+,22-/m1/s1. The molecule has 0 aromatic heterocycles. The number of nitrogens with one attached hydrogen (secondary N) is 2. The molecule has 0 unspecified atom stereocenters. The van der Waals surface area contributed by atoms with Crippen molar-refractivity contribution in [2.45, 2.75) is 63.8 Å². The zero-order chi connectivity index (χ0) is 20.9. The third-order valence-electron chi connectivity index (χ3n) is 5.17. The van der Waals surface area contributed by atoms with Crippen molar-refractivity contribution in [2.75, 3.05) is 6.54 Å². The van der Waals surface area contributed by atoms with E-state index in [1.54, 1.807) is 0 Å². The minimum atomic E-state index is -0.740. The molecule has 0 bridgehead atoms. The Morgan fingerprint density at radius 1 is 1.14 bits per heavy atom. The Morgan fingerprint density at radius 3 is 2.55 bits per heavy atom. The van der Waals surface area contributed by atoms with Gasteiger partial charge in [0, 0.05) is 12.6 Å². The Morgan fingerprint density at radius 2 is 1.83 bits per heavy atom. The second-order valence-electron chi connectivity index (χ2n) is 8.71. The Balaban J connectivity index is 1.63. The van der Waals surface area contributed by atoms with E-state index in [0.717, 1.165) is 18.4 Å². The molecule has 0 heterocycles. The minimum absolute atomic E-state index is 0.236. The molecule has 1 aliphatic rings. The van der Waals surface area contributed by atoms with Crippen LogP contribution in [0.4, 0.5) is 4.79 Å². The van der Waals surface area contributed by atoms with Gasteiger partial charge in [-0.25, -0.2) is 4.79 Å². The summed E-state index contributed by atoms with van der Waals surface area (Å²) in [7, 11) is 0. The molecule has 0 aliphatic heterocycles. The summed E-state index contributed by atoms with van der Waals surface area (Å²) in [5, 5.41) is 17.2. The average molecular weight is 397 g/mol. The quantitative estimate of drug-likeness (QED) is 0.666. The second-order valence-corrected chi connectivity index (χ2v) is 8.71. The smallest absolute Gasteiger partial charge is 0.407 e. The summed E-state index contributed by atoms with van der Waals surface area (Å²) >= 11 is 0. The maximum atomic E-state index is 12.3. The number of hydrogen-bond donors (Lipinski definition) is 3. The normalized spacial score (nSPS) is 18.0. The topological polar surface area (TPSA) is 70.6 Å². The zero-order valence-corrected chi connectivity index (χ0v) is 17.5. The number of aryl methyl sites for hydroxylation is 1. The van der Waals surface area contributed by atoms with Gasteiger partial charge in [-0.3, -0.25) is 0 Å². The molecule has 0 saturated heterocycles. The van der Waals surface area contributed by atoms with Crippen molar-refractivity contribution < 1.29 is 14.6 Å². The van der Waals surface area contributed by atoms with Gasteiger partial charge in [-0.2, -0.15) is 0 Å². The number of amides is 1. The first-order valence-corrected chi connectivity index (χ1v) is 10.3. The Hall–Kier alpha value is -2.37. The highest BCUT2D eigenvalue weighted by Gasteiger charge is 2.27. The fraction of sp³-hybridized carbons (Fsp3) is 0.458. The van der Waals surface area contributed by atoms with Crippen LogP contribution in [-0.4, -0.2) is 35.5 Å². The molecule has 29 heavy (non-hydrogen) atoms. The van der Waals surface area contributed by atoms with E-state index in [0.29, 0.717) is 13.0 Å². The summed E-state index contributed by atoms with van der Waals surface area (Å²) in [6.45, 7) is 5.88. The molecule has 0 spiro atoms. The van der Waals surface area contributed by atoms with Crippen LogP contribution in [0.1, 0.15) is 49.9 Å². The number of benzene rings is 2.